The van der Waals surface area contributed by atoms with Crippen LogP contribution in [0.5, 0.6) is 0 Å². The van der Waals surface area contributed by atoms with E-state index in [1.165, 1.54) is 121 Å². The zero-order valence-corrected chi connectivity index (χ0v) is 32.9. The highest BCUT2D eigenvalue weighted by molar-refractivity contribution is 6.23. The molecule has 59 heavy (non-hydrogen) atoms. The Morgan fingerprint density at radius 3 is 1.66 bits per heavy atom. The van der Waals surface area contributed by atoms with E-state index in [1.54, 1.807) is 0 Å². The van der Waals surface area contributed by atoms with Crippen LogP contribution in [-0.4, -0.2) is 8.97 Å². The Bertz CT molecular complexity index is 3690. The van der Waals surface area contributed by atoms with Crippen molar-refractivity contribution < 1.29 is 0 Å². The van der Waals surface area contributed by atoms with Crippen molar-refractivity contribution in [2.24, 2.45) is 0 Å². The monoisotopic (exact) mass is 750 g/mol. The first-order chi connectivity index (χ1) is 29.0. The number of rotatable bonds is 4. The van der Waals surface area contributed by atoms with Crippen LogP contribution in [0, 0.1) is 0 Å². The molecular weight excluding hydrogens is 713 g/mol. The molecule has 1 aliphatic carbocycles. The van der Waals surface area contributed by atoms with Crippen molar-refractivity contribution in [3.8, 4) is 50.2 Å². The third-order valence-electron chi connectivity index (χ3n) is 13.5. The average molecular weight is 751 g/mol. The number of fused-ring (bicyclic) bond motifs is 12. The Morgan fingerprint density at radius 1 is 0.322 bits per heavy atom. The maximum atomic E-state index is 2.48. The van der Waals surface area contributed by atoms with E-state index in [2.05, 4.69) is 217 Å². The maximum absolute atomic E-state index is 2.48. The van der Waals surface area contributed by atoms with Crippen LogP contribution < -0.4 is 0 Å². The Hall–Kier alpha value is -7.42. The number of nitrogens with zero attached hydrogens (tertiary/aromatic N) is 2. The topological polar surface area (TPSA) is 9.34 Å². The van der Waals surface area contributed by atoms with Gasteiger partial charge in [-0.15, -0.1) is 0 Å². The summed E-state index contributed by atoms with van der Waals surface area (Å²) in [6, 6.07) is 72.4. The van der Waals surface area contributed by atoms with Crippen LogP contribution in [0.1, 0.15) is 25.0 Å². The van der Waals surface area contributed by atoms with E-state index < -0.39 is 0 Å². The molecule has 12 aromatic rings. The second kappa shape index (κ2) is 11.8. The van der Waals surface area contributed by atoms with E-state index >= 15 is 0 Å². The van der Waals surface area contributed by atoms with Gasteiger partial charge in [-0.3, -0.25) is 0 Å². The molecule has 0 bridgehead atoms. The lowest BCUT2D eigenvalue weighted by atomic mass is 9.82. The van der Waals surface area contributed by atoms with Gasteiger partial charge in [-0.25, -0.2) is 0 Å². The van der Waals surface area contributed by atoms with Crippen LogP contribution in [0.25, 0.3) is 110 Å². The second-order valence-corrected chi connectivity index (χ2v) is 16.9. The van der Waals surface area contributed by atoms with Crippen LogP contribution in [0.3, 0.4) is 0 Å². The van der Waals surface area contributed by atoms with Gasteiger partial charge in [0.1, 0.15) is 0 Å². The summed E-state index contributed by atoms with van der Waals surface area (Å²) in [4.78, 5) is 0. The second-order valence-electron chi connectivity index (χ2n) is 16.9. The molecular formula is C57H38N2. The molecule has 0 spiro atoms. The molecule has 276 valence electrons. The third-order valence-corrected chi connectivity index (χ3v) is 13.5. The van der Waals surface area contributed by atoms with E-state index in [-0.39, 0.29) is 5.41 Å². The van der Waals surface area contributed by atoms with Gasteiger partial charge in [-0.05, 0) is 110 Å². The number of benzene rings is 9. The maximum Gasteiger partial charge on any atom is 0.0620 e. The van der Waals surface area contributed by atoms with Gasteiger partial charge in [-0.1, -0.05) is 153 Å². The third kappa shape index (κ3) is 4.52. The number of aromatic nitrogens is 2. The summed E-state index contributed by atoms with van der Waals surface area (Å²) in [7, 11) is 0. The molecule has 0 aliphatic heterocycles. The number of para-hydroxylation sites is 2. The molecule has 3 aromatic heterocycles. The molecule has 0 amide bonds. The van der Waals surface area contributed by atoms with Crippen molar-refractivity contribution in [2.75, 3.05) is 0 Å². The largest absolute Gasteiger partial charge is 0.309 e. The van der Waals surface area contributed by atoms with Crippen molar-refractivity contribution in [1.82, 2.24) is 8.97 Å². The standard InChI is InChI=1S/C57H38N2/c1-57(2)50-20-8-6-16-42(50)43-27-25-41(34-51(43)57)58-53-28-23-38(35-12-4-3-5-13-35)31-48(53)49-32-39(24-29-54(49)58)36-14-10-15-37(30-36)40-22-26-45-47-19-11-18-46-44-17-7-9-21-52(44)59(56(46)47)55(45)33-40/h3-34H,1-2H3. The Kier molecular flexibility index (Phi) is 6.54. The molecule has 0 saturated heterocycles. The van der Waals surface area contributed by atoms with Gasteiger partial charge in [0.15, 0.2) is 0 Å². The van der Waals surface area contributed by atoms with Crippen molar-refractivity contribution in [1.29, 1.82) is 0 Å². The minimum absolute atomic E-state index is 0.0793. The molecule has 0 atom stereocenters. The Balaban J connectivity index is 0.977. The lowest BCUT2D eigenvalue weighted by molar-refractivity contribution is 0.660. The number of hydrogen-bond acceptors (Lipinski definition) is 0. The first-order valence-corrected chi connectivity index (χ1v) is 20.7. The van der Waals surface area contributed by atoms with Crippen LogP contribution in [0.15, 0.2) is 194 Å². The van der Waals surface area contributed by atoms with Crippen molar-refractivity contribution in [3.05, 3.63) is 205 Å². The fourth-order valence-electron chi connectivity index (χ4n) is 10.6. The van der Waals surface area contributed by atoms with Gasteiger partial charge < -0.3 is 8.97 Å². The highest BCUT2D eigenvalue weighted by atomic mass is 15.0. The first-order valence-electron chi connectivity index (χ1n) is 20.7. The molecule has 0 N–H and O–H groups in total. The highest BCUT2D eigenvalue weighted by Gasteiger charge is 2.35. The van der Waals surface area contributed by atoms with E-state index in [1.807, 2.05) is 0 Å². The summed E-state index contributed by atoms with van der Waals surface area (Å²) in [6.45, 7) is 4.73. The molecule has 2 nitrogen and oxygen atoms in total. The molecule has 0 saturated carbocycles. The van der Waals surface area contributed by atoms with Crippen molar-refractivity contribution >= 4 is 59.9 Å². The van der Waals surface area contributed by atoms with E-state index in [4.69, 9.17) is 0 Å². The van der Waals surface area contributed by atoms with Gasteiger partial charge in [0.25, 0.3) is 0 Å². The van der Waals surface area contributed by atoms with Crippen LogP contribution in [0.4, 0.5) is 0 Å². The minimum Gasteiger partial charge on any atom is -0.309 e. The summed E-state index contributed by atoms with van der Waals surface area (Å²) in [6.07, 6.45) is 0. The summed E-state index contributed by atoms with van der Waals surface area (Å²) in [5.41, 5.74) is 20.1. The minimum atomic E-state index is -0.0793. The molecule has 0 fully saturated rings. The zero-order chi connectivity index (χ0) is 39.0. The highest BCUT2D eigenvalue weighted by Crippen LogP contribution is 2.50. The van der Waals surface area contributed by atoms with E-state index in [9.17, 15) is 0 Å². The lowest BCUT2D eigenvalue weighted by Gasteiger charge is -2.22. The van der Waals surface area contributed by atoms with Crippen LogP contribution in [-0.2, 0) is 5.41 Å². The van der Waals surface area contributed by atoms with E-state index in [0.29, 0.717) is 0 Å². The van der Waals surface area contributed by atoms with Crippen LogP contribution >= 0.6 is 0 Å². The van der Waals surface area contributed by atoms with Gasteiger partial charge in [0.2, 0.25) is 0 Å². The van der Waals surface area contributed by atoms with Crippen LogP contribution in [0.2, 0.25) is 0 Å². The van der Waals surface area contributed by atoms with Gasteiger partial charge in [-0.2, -0.15) is 0 Å². The first kappa shape index (κ1) is 32.6. The fraction of sp³-hybridized carbons (Fsp3) is 0.0526. The smallest absolute Gasteiger partial charge is 0.0620 e. The fourth-order valence-corrected chi connectivity index (χ4v) is 10.6. The molecule has 0 radical (unpaired) electrons. The Morgan fingerprint density at radius 2 is 0.881 bits per heavy atom. The van der Waals surface area contributed by atoms with Crippen molar-refractivity contribution in [2.45, 2.75) is 19.3 Å². The van der Waals surface area contributed by atoms with Gasteiger partial charge in [0.05, 0.1) is 27.6 Å². The molecule has 2 heteroatoms. The van der Waals surface area contributed by atoms with Crippen molar-refractivity contribution in [3.63, 3.8) is 0 Å². The molecule has 1 aliphatic rings. The normalized spacial score (nSPS) is 13.4. The quantitative estimate of drug-likeness (QED) is 0.169. The summed E-state index contributed by atoms with van der Waals surface area (Å²) < 4.78 is 4.94. The number of hydrogen-bond donors (Lipinski definition) is 0. The average Bonchev–Trinajstić information content (AvgIpc) is 3.99. The molecule has 13 rings (SSSR count). The molecule has 0 unspecified atom stereocenters. The predicted molar refractivity (Wildman–Crippen MR) is 249 cm³/mol. The summed E-state index contributed by atoms with van der Waals surface area (Å²) in [5, 5.41) is 7.74. The van der Waals surface area contributed by atoms with Gasteiger partial charge >= 0.3 is 0 Å². The summed E-state index contributed by atoms with van der Waals surface area (Å²) >= 11 is 0. The SMILES string of the molecule is CC1(C)c2ccccc2-c2ccc(-n3c4ccc(-c5ccccc5)cc4c4cc(-c5cccc(-c6ccc7c8cccc9c%10ccccc%10n(c7c6)c98)c5)ccc43)cc21. The molecule has 3 heterocycles. The lowest BCUT2D eigenvalue weighted by Crippen LogP contribution is -2.15. The molecule has 9 aromatic carbocycles. The Labute approximate surface area is 342 Å². The van der Waals surface area contributed by atoms with Gasteiger partial charge in [0, 0.05) is 43.4 Å². The summed E-state index contributed by atoms with van der Waals surface area (Å²) in [5.74, 6) is 0. The zero-order valence-electron chi connectivity index (χ0n) is 32.9. The predicted octanol–water partition coefficient (Wildman–Crippen LogP) is 15.2. The van der Waals surface area contributed by atoms with E-state index in [0.717, 1.165) is 0 Å².